The lowest BCUT2D eigenvalue weighted by atomic mass is 10.1. The van der Waals surface area contributed by atoms with Gasteiger partial charge in [0.2, 0.25) is 5.91 Å². The van der Waals surface area contributed by atoms with Crippen LogP contribution >= 0.6 is 0 Å². The van der Waals surface area contributed by atoms with Crippen molar-refractivity contribution in [3.8, 4) is 5.69 Å². The largest absolute Gasteiger partial charge is 0.325 e. The molecule has 0 saturated heterocycles. The van der Waals surface area contributed by atoms with Crippen molar-refractivity contribution in [1.82, 2.24) is 20.2 Å². The lowest BCUT2D eigenvalue weighted by Crippen LogP contribution is -2.47. The Kier molecular flexibility index (Phi) is 5.15. The SMILES string of the molecule is Cc1ccc(C)c(S(=O)(=O)C2(C(=O)Nc3ccc(-n4cnnn4)cc3)CCCC2)c1. The molecule has 0 atom stereocenters. The maximum Gasteiger partial charge on any atom is 0.246 e. The fourth-order valence-electron chi connectivity index (χ4n) is 3.99. The Morgan fingerprint density at radius 2 is 1.77 bits per heavy atom. The average Bonchev–Trinajstić information content (AvgIpc) is 3.43. The number of tetrazole rings is 1. The van der Waals surface area contributed by atoms with Crippen LogP contribution in [0.4, 0.5) is 5.69 Å². The Morgan fingerprint density at radius 3 is 2.40 bits per heavy atom. The van der Waals surface area contributed by atoms with Gasteiger partial charge in [-0.25, -0.2) is 13.1 Å². The Morgan fingerprint density at radius 1 is 1.07 bits per heavy atom. The molecule has 1 aliphatic carbocycles. The first-order valence-corrected chi connectivity index (χ1v) is 11.3. The number of carbonyl (C=O) groups excluding carboxylic acids is 1. The maximum absolute atomic E-state index is 13.7. The first kappa shape index (κ1) is 20.2. The zero-order valence-corrected chi connectivity index (χ0v) is 17.7. The lowest BCUT2D eigenvalue weighted by Gasteiger charge is -2.28. The second-order valence-corrected chi connectivity index (χ2v) is 9.96. The van der Waals surface area contributed by atoms with Gasteiger partial charge >= 0.3 is 0 Å². The number of carbonyl (C=O) groups is 1. The molecule has 0 unspecified atom stereocenters. The van der Waals surface area contributed by atoms with Crippen molar-refractivity contribution in [2.45, 2.75) is 49.2 Å². The zero-order chi connectivity index (χ0) is 21.4. The van der Waals surface area contributed by atoms with Crippen LogP contribution < -0.4 is 5.32 Å². The van der Waals surface area contributed by atoms with E-state index in [4.69, 9.17) is 0 Å². The van der Waals surface area contributed by atoms with Gasteiger partial charge < -0.3 is 5.32 Å². The van der Waals surface area contributed by atoms with Crippen molar-refractivity contribution in [2.75, 3.05) is 5.32 Å². The number of hydrogen-bond acceptors (Lipinski definition) is 6. The van der Waals surface area contributed by atoms with Crippen LogP contribution in [0.25, 0.3) is 5.69 Å². The highest BCUT2D eigenvalue weighted by atomic mass is 32.2. The summed E-state index contributed by atoms with van der Waals surface area (Å²) in [6.45, 7) is 3.62. The van der Waals surface area contributed by atoms with Crippen molar-refractivity contribution < 1.29 is 13.2 Å². The molecule has 0 spiro atoms. The van der Waals surface area contributed by atoms with Crippen LogP contribution in [0, 0.1) is 13.8 Å². The predicted molar refractivity (Wildman–Crippen MR) is 112 cm³/mol. The fourth-order valence-corrected chi connectivity index (χ4v) is 6.37. The molecule has 3 aromatic rings. The molecule has 156 valence electrons. The minimum absolute atomic E-state index is 0.244. The molecular formula is C21H23N5O3S. The smallest absolute Gasteiger partial charge is 0.246 e. The molecule has 4 rings (SSSR count). The quantitative estimate of drug-likeness (QED) is 0.673. The van der Waals surface area contributed by atoms with E-state index in [0.717, 1.165) is 11.3 Å². The normalized spacial score (nSPS) is 15.8. The third-order valence-electron chi connectivity index (χ3n) is 5.71. The summed E-state index contributed by atoms with van der Waals surface area (Å²) in [7, 11) is -3.86. The molecule has 1 saturated carbocycles. The molecular weight excluding hydrogens is 402 g/mol. The second kappa shape index (κ2) is 7.64. The van der Waals surface area contributed by atoms with Crippen LogP contribution in [0.1, 0.15) is 36.8 Å². The maximum atomic E-state index is 13.7. The summed E-state index contributed by atoms with van der Waals surface area (Å²) in [5.41, 5.74) is 2.77. The van der Waals surface area contributed by atoms with Gasteiger partial charge in [0.05, 0.1) is 10.6 Å². The van der Waals surface area contributed by atoms with Gasteiger partial charge in [-0.05, 0) is 78.6 Å². The van der Waals surface area contributed by atoms with Gasteiger partial charge in [0.25, 0.3) is 0 Å². The van der Waals surface area contributed by atoms with Crippen LogP contribution in [-0.2, 0) is 14.6 Å². The number of nitrogens with zero attached hydrogens (tertiary/aromatic N) is 4. The zero-order valence-electron chi connectivity index (χ0n) is 16.9. The summed E-state index contributed by atoms with van der Waals surface area (Å²) in [5.74, 6) is -0.476. The van der Waals surface area contributed by atoms with E-state index in [0.29, 0.717) is 36.9 Å². The van der Waals surface area contributed by atoms with Crippen LogP contribution in [-0.4, -0.2) is 39.3 Å². The van der Waals surface area contributed by atoms with E-state index in [1.807, 2.05) is 13.0 Å². The number of nitrogens with one attached hydrogen (secondary N) is 1. The van der Waals surface area contributed by atoms with E-state index in [1.165, 1.54) is 11.0 Å². The average molecular weight is 426 g/mol. The molecule has 1 fully saturated rings. The summed E-state index contributed by atoms with van der Waals surface area (Å²) in [6, 6.07) is 12.3. The van der Waals surface area contributed by atoms with Gasteiger partial charge in [0.15, 0.2) is 14.6 Å². The van der Waals surface area contributed by atoms with E-state index in [-0.39, 0.29) is 4.90 Å². The van der Waals surface area contributed by atoms with Crippen molar-refractivity contribution in [3.63, 3.8) is 0 Å². The summed E-state index contributed by atoms with van der Waals surface area (Å²) in [6.07, 6.45) is 3.51. The van der Waals surface area contributed by atoms with Crippen molar-refractivity contribution in [2.24, 2.45) is 0 Å². The first-order valence-electron chi connectivity index (χ1n) is 9.80. The van der Waals surface area contributed by atoms with Gasteiger partial charge in [-0.3, -0.25) is 4.79 Å². The highest BCUT2D eigenvalue weighted by molar-refractivity contribution is 7.93. The number of benzene rings is 2. The van der Waals surface area contributed by atoms with Crippen LogP contribution in [0.15, 0.2) is 53.7 Å². The van der Waals surface area contributed by atoms with Crippen LogP contribution in [0.5, 0.6) is 0 Å². The van der Waals surface area contributed by atoms with Gasteiger partial charge in [0.1, 0.15) is 6.33 Å². The van der Waals surface area contributed by atoms with Crippen molar-refractivity contribution in [3.05, 3.63) is 59.9 Å². The molecule has 2 aromatic carbocycles. The van der Waals surface area contributed by atoms with Crippen LogP contribution in [0.2, 0.25) is 0 Å². The minimum atomic E-state index is -3.86. The predicted octanol–water partition coefficient (Wildman–Crippen LogP) is 3.00. The molecule has 1 heterocycles. The fraction of sp³-hybridized carbons (Fsp3) is 0.333. The lowest BCUT2D eigenvalue weighted by molar-refractivity contribution is -0.118. The highest BCUT2D eigenvalue weighted by Gasteiger charge is 2.53. The van der Waals surface area contributed by atoms with Gasteiger partial charge in [-0.1, -0.05) is 25.0 Å². The Balaban J connectivity index is 1.65. The standard InChI is InChI=1S/C21H23N5O3S/c1-15-5-6-16(2)19(13-15)30(28,29)21(11-3-4-12-21)20(27)23-17-7-9-18(10-8-17)26-14-22-24-25-26/h5-10,13-14H,3-4,11-12H2,1-2H3,(H,23,27). The first-order chi connectivity index (χ1) is 14.3. The molecule has 0 radical (unpaired) electrons. The summed E-state index contributed by atoms with van der Waals surface area (Å²) >= 11 is 0. The number of aromatic nitrogens is 4. The monoisotopic (exact) mass is 425 g/mol. The number of sulfone groups is 1. The van der Waals surface area contributed by atoms with Crippen molar-refractivity contribution in [1.29, 1.82) is 0 Å². The molecule has 1 amide bonds. The number of rotatable bonds is 5. The molecule has 0 aliphatic heterocycles. The topological polar surface area (TPSA) is 107 Å². The number of anilines is 1. The Labute approximate surface area is 175 Å². The van der Waals surface area contributed by atoms with Crippen molar-refractivity contribution >= 4 is 21.4 Å². The van der Waals surface area contributed by atoms with E-state index in [2.05, 4.69) is 20.8 Å². The van der Waals surface area contributed by atoms with E-state index in [9.17, 15) is 13.2 Å². The van der Waals surface area contributed by atoms with E-state index >= 15 is 0 Å². The van der Waals surface area contributed by atoms with Gasteiger partial charge in [-0.2, -0.15) is 0 Å². The summed E-state index contributed by atoms with van der Waals surface area (Å²) in [4.78, 5) is 13.6. The minimum Gasteiger partial charge on any atom is -0.325 e. The summed E-state index contributed by atoms with van der Waals surface area (Å²) < 4.78 is 27.4. The van der Waals surface area contributed by atoms with E-state index < -0.39 is 20.5 Å². The Bertz CT molecular complexity index is 1170. The molecule has 8 nitrogen and oxygen atoms in total. The molecule has 1 aliphatic rings. The molecule has 1 N–H and O–H groups in total. The third-order valence-corrected chi connectivity index (χ3v) is 8.35. The highest BCUT2D eigenvalue weighted by Crippen LogP contribution is 2.42. The summed E-state index contributed by atoms with van der Waals surface area (Å²) in [5, 5.41) is 13.8. The molecule has 30 heavy (non-hydrogen) atoms. The van der Waals surface area contributed by atoms with Gasteiger partial charge in [0, 0.05) is 5.69 Å². The number of hydrogen-bond donors (Lipinski definition) is 1. The van der Waals surface area contributed by atoms with Gasteiger partial charge in [-0.15, -0.1) is 5.10 Å². The van der Waals surface area contributed by atoms with Crippen LogP contribution in [0.3, 0.4) is 0 Å². The Hall–Kier alpha value is -3.07. The number of amides is 1. The molecule has 1 aromatic heterocycles. The molecule has 9 heteroatoms. The molecule has 0 bridgehead atoms. The number of aryl methyl sites for hydroxylation is 2. The third kappa shape index (κ3) is 3.39. The second-order valence-electron chi connectivity index (χ2n) is 7.73. The van der Waals surface area contributed by atoms with E-state index in [1.54, 1.807) is 43.3 Å².